The Morgan fingerprint density at radius 1 is 1.06 bits per heavy atom. The van der Waals surface area contributed by atoms with E-state index < -0.39 is 5.97 Å². The number of halogens is 1. The van der Waals surface area contributed by atoms with Gasteiger partial charge in [-0.3, -0.25) is 0 Å². The number of carbonyl (C=O) groups is 1. The van der Waals surface area contributed by atoms with Gasteiger partial charge in [-0.15, -0.1) is 0 Å². The molecule has 0 saturated heterocycles. The number of benzene rings is 2. The SMILES string of the molecule is Cc1ccc(-c2ccc(Cl)cc2)cc1C(=O)O. The number of carboxylic acid groups (broad SMARTS) is 1. The molecule has 1 N–H and O–H groups in total. The van der Waals surface area contributed by atoms with Crippen molar-refractivity contribution < 1.29 is 9.90 Å². The van der Waals surface area contributed by atoms with E-state index in [0.29, 0.717) is 10.6 Å². The Morgan fingerprint density at radius 3 is 2.24 bits per heavy atom. The lowest BCUT2D eigenvalue weighted by Crippen LogP contribution is -1.99. The Kier molecular flexibility index (Phi) is 3.16. The summed E-state index contributed by atoms with van der Waals surface area (Å²) in [6.07, 6.45) is 0. The molecule has 0 aliphatic carbocycles. The maximum absolute atomic E-state index is 11.0. The molecule has 0 amide bonds. The number of hydrogen-bond donors (Lipinski definition) is 1. The first kappa shape index (κ1) is 11.7. The molecule has 2 aromatic rings. The third-order valence-electron chi connectivity index (χ3n) is 2.65. The molecule has 3 heteroatoms. The number of carboxylic acids is 1. The molecule has 2 rings (SSSR count). The summed E-state index contributed by atoms with van der Waals surface area (Å²) in [5.41, 5.74) is 2.93. The predicted molar refractivity (Wildman–Crippen MR) is 68.6 cm³/mol. The largest absolute Gasteiger partial charge is 0.478 e. The summed E-state index contributed by atoms with van der Waals surface area (Å²) in [4.78, 5) is 11.0. The van der Waals surface area contributed by atoms with Crippen LogP contribution in [-0.4, -0.2) is 11.1 Å². The number of aromatic carboxylic acids is 1. The van der Waals surface area contributed by atoms with Gasteiger partial charge >= 0.3 is 5.97 Å². The van der Waals surface area contributed by atoms with Gasteiger partial charge in [-0.05, 0) is 41.8 Å². The van der Waals surface area contributed by atoms with Crippen LogP contribution in [0.3, 0.4) is 0 Å². The first-order valence-electron chi connectivity index (χ1n) is 5.18. The monoisotopic (exact) mass is 246 g/mol. The van der Waals surface area contributed by atoms with E-state index in [0.717, 1.165) is 16.7 Å². The minimum absolute atomic E-state index is 0.331. The molecular formula is C14H11ClO2. The fraction of sp³-hybridized carbons (Fsp3) is 0.0714. The standard InChI is InChI=1S/C14H11ClO2/c1-9-2-3-11(8-13(9)14(16)17)10-4-6-12(15)7-5-10/h2-8H,1H3,(H,16,17). The van der Waals surface area contributed by atoms with Crippen molar-refractivity contribution in [2.75, 3.05) is 0 Å². The van der Waals surface area contributed by atoms with Crippen LogP contribution in [0.4, 0.5) is 0 Å². The molecule has 0 bridgehead atoms. The summed E-state index contributed by atoms with van der Waals surface area (Å²) in [5, 5.41) is 9.73. The van der Waals surface area contributed by atoms with Crippen molar-refractivity contribution in [2.24, 2.45) is 0 Å². The van der Waals surface area contributed by atoms with Crippen molar-refractivity contribution >= 4 is 17.6 Å². The second-order valence-corrected chi connectivity index (χ2v) is 4.28. The van der Waals surface area contributed by atoms with Crippen LogP contribution in [0.25, 0.3) is 11.1 Å². The highest BCUT2D eigenvalue weighted by Crippen LogP contribution is 2.24. The van der Waals surface area contributed by atoms with Crippen LogP contribution >= 0.6 is 11.6 Å². The van der Waals surface area contributed by atoms with Crippen molar-refractivity contribution in [3.05, 3.63) is 58.6 Å². The van der Waals surface area contributed by atoms with E-state index in [1.165, 1.54) is 0 Å². The fourth-order valence-electron chi connectivity index (χ4n) is 1.67. The van der Waals surface area contributed by atoms with Gasteiger partial charge < -0.3 is 5.11 Å². The summed E-state index contributed by atoms with van der Waals surface area (Å²) < 4.78 is 0. The highest BCUT2D eigenvalue weighted by molar-refractivity contribution is 6.30. The summed E-state index contributed by atoms with van der Waals surface area (Å²) in [5.74, 6) is -0.904. The molecule has 0 heterocycles. The lowest BCUT2D eigenvalue weighted by Gasteiger charge is -2.06. The van der Waals surface area contributed by atoms with Crippen LogP contribution in [-0.2, 0) is 0 Å². The van der Waals surface area contributed by atoms with E-state index in [4.69, 9.17) is 16.7 Å². The molecule has 0 fully saturated rings. The van der Waals surface area contributed by atoms with Crippen molar-refractivity contribution in [2.45, 2.75) is 6.92 Å². The van der Waals surface area contributed by atoms with E-state index in [1.807, 2.05) is 24.3 Å². The van der Waals surface area contributed by atoms with Gasteiger partial charge in [-0.25, -0.2) is 4.79 Å². The smallest absolute Gasteiger partial charge is 0.335 e. The Hall–Kier alpha value is -1.80. The normalized spacial score (nSPS) is 10.2. The van der Waals surface area contributed by atoms with E-state index >= 15 is 0 Å². The highest BCUT2D eigenvalue weighted by Gasteiger charge is 2.08. The van der Waals surface area contributed by atoms with Crippen molar-refractivity contribution in [1.82, 2.24) is 0 Å². The molecule has 0 radical (unpaired) electrons. The van der Waals surface area contributed by atoms with Crippen molar-refractivity contribution in [1.29, 1.82) is 0 Å². The minimum atomic E-state index is -0.904. The van der Waals surface area contributed by atoms with Gasteiger partial charge in [0.15, 0.2) is 0 Å². The first-order valence-corrected chi connectivity index (χ1v) is 5.55. The fourth-order valence-corrected chi connectivity index (χ4v) is 1.80. The van der Waals surface area contributed by atoms with Crippen LogP contribution in [0.5, 0.6) is 0 Å². The Balaban J connectivity index is 2.50. The Labute approximate surface area is 104 Å². The first-order chi connectivity index (χ1) is 8.08. The van der Waals surface area contributed by atoms with Gasteiger partial charge in [0.25, 0.3) is 0 Å². The van der Waals surface area contributed by atoms with Gasteiger partial charge in [-0.2, -0.15) is 0 Å². The summed E-state index contributed by atoms with van der Waals surface area (Å²) in [6, 6.07) is 12.7. The number of rotatable bonds is 2. The summed E-state index contributed by atoms with van der Waals surface area (Å²) in [7, 11) is 0. The maximum atomic E-state index is 11.0. The molecule has 0 saturated carbocycles. The molecular weight excluding hydrogens is 236 g/mol. The molecule has 0 atom stereocenters. The highest BCUT2D eigenvalue weighted by atomic mass is 35.5. The van der Waals surface area contributed by atoms with Crippen LogP contribution in [0.2, 0.25) is 5.02 Å². The van der Waals surface area contributed by atoms with E-state index in [-0.39, 0.29) is 0 Å². The van der Waals surface area contributed by atoms with Gasteiger partial charge in [0.05, 0.1) is 5.56 Å². The predicted octanol–water partition coefficient (Wildman–Crippen LogP) is 4.01. The zero-order chi connectivity index (χ0) is 12.4. The topological polar surface area (TPSA) is 37.3 Å². The van der Waals surface area contributed by atoms with E-state index in [1.54, 1.807) is 25.1 Å². The molecule has 0 spiro atoms. The third-order valence-corrected chi connectivity index (χ3v) is 2.90. The van der Waals surface area contributed by atoms with Crippen molar-refractivity contribution in [3.8, 4) is 11.1 Å². The number of aryl methyl sites for hydroxylation is 1. The van der Waals surface area contributed by atoms with E-state index in [2.05, 4.69) is 0 Å². The Morgan fingerprint density at radius 2 is 1.65 bits per heavy atom. The summed E-state index contributed by atoms with van der Waals surface area (Å²) >= 11 is 5.81. The van der Waals surface area contributed by atoms with Crippen LogP contribution in [0.15, 0.2) is 42.5 Å². The number of hydrogen-bond acceptors (Lipinski definition) is 1. The zero-order valence-electron chi connectivity index (χ0n) is 9.27. The second kappa shape index (κ2) is 4.60. The van der Waals surface area contributed by atoms with Crippen LogP contribution in [0, 0.1) is 6.92 Å². The van der Waals surface area contributed by atoms with Crippen molar-refractivity contribution in [3.63, 3.8) is 0 Å². The lowest BCUT2D eigenvalue weighted by atomic mass is 10.00. The molecule has 2 aromatic carbocycles. The van der Waals surface area contributed by atoms with Gasteiger partial charge in [0.1, 0.15) is 0 Å². The molecule has 0 unspecified atom stereocenters. The van der Waals surface area contributed by atoms with Crippen LogP contribution in [0.1, 0.15) is 15.9 Å². The van der Waals surface area contributed by atoms with Gasteiger partial charge in [0, 0.05) is 5.02 Å². The molecule has 0 aromatic heterocycles. The summed E-state index contributed by atoms with van der Waals surface area (Å²) in [6.45, 7) is 1.79. The maximum Gasteiger partial charge on any atom is 0.335 e. The van der Waals surface area contributed by atoms with Gasteiger partial charge in [-0.1, -0.05) is 35.9 Å². The quantitative estimate of drug-likeness (QED) is 0.869. The van der Waals surface area contributed by atoms with Crippen LogP contribution < -0.4 is 0 Å². The lowest BCUT2D eigenvalue weighted by molar-refractivity contribution is 0.0696. The average Bonchev–Trinajstić information content (AvgIpc) is 2.30. The molecule has 86 valence electrons. The molecule has 0 aliphatic rings. The third kappa shape index (κ3) is 2.48. The van der Waals surface area contributed by atoms with Gasteiger partial charge in [0.2, 0.25) is 0 Å². The minimum Gasteiger partial charge on any atom is -0.478 e. The molecule has 0 aliphatic heterocycles. The zero-order valence-corrected chi connectivity index (χ0v) is 10.0. The van der Waals surface area contributed by atoms with E-state index in [9.17, 15) is 4.79 Å². The second-order valence-electron chi connectivity index (χ2n) is 3.84. The Bertz CT molecular complexity index is 559. The molecule has 17 heavy (non-hydrogen) atoms. The molecule has 2 nitrogen and oxygen atoms in total. The average molecular weight is 247 g/mol.